The van der Waals surface area contributed by atoms with Crippen molar-refractivity contribution < 1.29 is 14.3 Å². The third kappa shape index (κ3) is 3.39. The van der Waals surface area contributed by atoms with Crippen LogP contribution >= 0.6 is 0 Å². The number of nitrogens with zero attached hydrogens (tertiary/aromatic N) is 3. The second-order valence-corrected chi connectivity index (χ2v) is 5.81. The number of hydrogen-bond acceptors (Lipinski definition) is 4. The van der Waals surface area contributed by atoms with Crippen LogP contribution in [0.5, 0.6) is 0 Å². The van der Waals surface area contributed by atoms with E-state index in [2.05, 4.69) is 15.4 Å². The van der Waals surface area contributed by atoms with Gasteiger partial charge in [0.15, 0.2) is 0 Å². The van der Waals surface area contributed by atoms with Crippen LogP contribution in [0.15, 0.2) is 30.9 Å². The Kier molecular flexibility index (Phi) is 4.66. The van der Waals surface area contributed by atoms with Gasteiger partial charge in [0, 0.05) is 24.1 Å². The highest BCUT2D eigenvalue weighted by molar-refractivity contribution is 5.94. The number of carbonyl (C=O) groups excluding carboxylic acids is 1. The van der Waals surface area contributed by atoms with Crippen LogP contribution in [-0.2, 0) is 0 Å². The van der Waals surface area contributed by atoms with Gasteiger partial charge in [-0.2, -0.15) is 5.10 Å². The summed E-state index contributed by atoms with van der Waals surface area (Å²) >= 11 is 0. The number of nitrogens with one attached hydrogen (secondary N) is 1. The minimum Gasteiger partial charge on any atom is -0.396 e. The molecule has 1 amide bonds. The Morgan fingerprint density at radius 1 is 1.39 bits per heavy atom. The van der Waals surface area contributed by atoms with Crippen molar-refractivity contribution in [1.82, 2.24) is 20.1 Å². The first-order valence-electron chi connectivity index (χ1n) is 7.75. The molecule has 1 heterocycles. The maximum Gasteiger partial charge on any atom is 0.251 e. The van der Waals surface area contributed by atoms with Gasteiger partial charge in [-0.1, -0.05) is 12.8 Å². The van der Waals surface area contributed by atoms with Gasteiger partial charge >= 0.3 is 0 Å². The van der Waals surface area contributed by atoms with E-state index in [0.29, 0.717) is 0 Å². The van der Waals surface area contributed by atoms with Gasteiger partial charge in [0.2, 0.25) is 0 Å². The van der Waals surface area contributed by atoms with Gasteiger partial charge in [-0.25, -0.2) is 14.1 Å². The van der Waals surface area contributed by atoms with E-state index in [1.54, 1.807) is 6.07 Å². The number of aliphatic hydroxyl groups is 1. The number of aliphatic hydroxyl groups excluding tert-OH is 1. The first kappa shape index (κ1) is 15.6. The molecule has 0 spiro atoms. The largest absolute Gasteiger partial charge is 0.396 e. The zero-order valence-electron chi connectivity index (χ0n) is 12.7. The molecule has 7 heteroatoms. The number of rotatable bonds is 4. The molecule has 2 N–H and O–H groups in total. The molecule has 122 valence electrons. The van der Waals surface area contributed by atoms with Gasteiger partial charge in [-0.05, 0) is 31.0 Å². The molecule has 0 radical (unpaired) electrons. The second-order valence-electron chi connectivity index (χ2n) is 5.81. The van der Waals surface area contributed by atoms with E-state index < -0.39 is 5.82 Å². The lowest BCUT2D eigenvalue weighted by molar-refractivity contribution is 0.0872. The number of hydrogen-bond donors (Lipinski definition) is 2. The number of aromatic nitrogens is 3. The predicted molar refractivity (Wildman–Crippen MR) is 81.6 cm³/mol. The molecule has 1 aliphatic rings. The lowest BCUT2D eigenvalue weighted by atomic mass is 9.85. The monoisotopic (exact) mass is 318 g/mol. The molecule has 1 aliphatic carbocycles. The van der Waals surface area contributed by atoms with Gasteiger partial charge < -0.3 is 10.4 Å². The maximum absolute atomic E-state index is 14.2. The van der Waals surface area contributed by atoms with Crippen LogP contribution in [-0.4, -0.2) is 38.4 Å². The third-order valence-electron chi connectivity index (χ3n) is 4.34. The zero-order valence-corrected chi connectivity index (χ0v) is 12.7. The van der Waals surface area contributed by atoms with Crippen LogP contribution in [0.2, 0.25) is 0 Å². The van der Waals surface area contributed by atoms with Crippen molar-refractivity contribution in [1.29, 1.82) is 0 Å². The number of benzene rings is 1. The van der Waals surface area contributed by atoms with Gasteiger partial charge in [-0.15, -0.1) is 0 Å². The maximum atomic E-state index is 14.2. The fraction of sp³-hybridized carbons (Fsp3) is 0.438. The smallest absolute Gasteiger partial charge is 0.251 e. The van der Waals surface area contributed by atoms with Gasteiger partial charge in [0.05, 0.1) is 0 Å². The highest BCUT2D eigenvalue weighted by Crippen LogP contribution is 2.24. The molecule has 0 bridgehead atoms. The zero-order chi connectivity index (χ0) is 16.2. The van der Waals surface area contributed by atoms with Crippen LogP contribution in [0.25, 0.3) is 5.69 Å². The molecule has 0 saturated heterocycles. The van der Waals surface area contributed by atoms with Crippen molar-refractivity contribution in [2.45, 2.75) is 31.7 Å². The van der Waals surface area contributed by atoms with E-state index in [1.807, 2.05) is 0 Å². The summed E-state index contributed by atoms with van der Waals surface area (Å²) in [6.07, 6.45) is 6.56. The quantitative estimate of drug-likeness (QED) is 0.899. The van der Waals surface area contributed by atoms with Crippen molar-refractivity contribution in [3.8, 4) is 5.69 Å². The fourth-order valence-corrected chi connectivity index (χ4v) is 3.03. The molecule has 3 rings (SSSR count). The van der Waals surface area contributed by atoms with Crippen LogP contribution in [0.1, 0.15) is 36.0 Å². The fourth-order valence-electron chi connectivity index (χ4n) is 3.03. The molecular weight excluding hydrogens is 299 g/mol. The van der Waals surface area contributed by atoms with Crippen molar-refractivity contribution in [2.24, 2.45) is 5.92 Å². The minimum absolute atomic E-state index is 0.0562. The summed E-state index contributed by atoms with van der Waals surface area (Å²) in [6.45, 7) is 0.0601. The van der Waals surface area contributed by atoms with Gasteiger partial charge in [0.1, 0.15) is 24.2 Å². The summed E-state index contributed by atoms with van der Waals surface area (Å²) < 4.78 is 15.5. The average molecular weight is 318 g/mol. The molecule has 1 saturated carbocycles. The van der Waals surface area contributed by atoms with Crippen molar-refractivity contribution in [3.63, 3.8) is 0 Å². The Morgan fingerprint density at radius 2 is 2.22 bits per heavy atom. The van der Waals surface area contributed by atoms with Gasteiger partial charge in [-0.3, -0.25) is 4.79 Å². The third-order valence-corrected chi connectivity index (χ3v) is 4.34. The van der Waals surface area contributed by atoms with Crippen LogP contribution in [0, 0.1) is 11.7 Å². The Morgan fingerprint density at radius 3 is 2.91 bits per heavy atom. The Balaban J connectivity index is 1.74. The summed E-state index contributed by atoms with van der Waals surface area (Å²) in [7, 11) is 0. The summed E-state index contributed by atoms with van der Waals surface area (Å²) in [5.74, 6) is -0.781. The number of halogens is 1. The van der Waals surface area contributed by atoms with E-state index in [-0.39, 0.29) is 35.7 Å². The molecule has 0 aliphatic heterocycles. The lowest BCUT2D eigenvalue weighted by Crippen LogP contribution is -2.43. The molecule has 2 aromatic rings. The Hall–Kier alpha value is -2.28. The van der Waals surface area contributed by atoms with Crippen LogP contribution in [0.3, 0.4) is 0 Å². The Bertz CT molecular complexity index is 675. The standard InChI is InChI=1S/C16H19FN4O2/c17-13-7-11(5-6-15(13)21-10-18-9-19-21)16(23)20-14-4-2-1-3-12(14)8-22/h5-7,9-10,12,14,22H,1-4,8H2,(H,20,23). The minimum atomic E-state index is -0.537. The number of carbonyl (C=O) groups is 1. The van der Waals surface area contributed by atoms with Crippen molar-refractivity contribution >= 4 is 5.91 Å². The van der Waals surface area contributed by atoms with Crippen molar-refractivity contribution in [3.05, 3.63) is 42.2 Å². The molecule has 23 heavy (non-hydrogen) atoms. The lowest BCUT2D eigenvalue weighted by Gasteiger charge is -2.30. The summed E-state index contributed by atoms with van der Waals surface area (Å²) in [5, 5.41) is 16.2. The van der Waals surface area contributed by atoms with E-state index in [1.165, 1.54) is 29.5 Å². The molecule has 1 aromatic carbocycles. The van der Waals surface area contributed by atoms with Crippen LogP contribution in [0.4, 0.5) is 4.39 Å². The molecule has 6 nitrogen and oxygen atoms in total. The predicted octanol–water partition coefficient (Wildman–Crippen LogP) is 1.69. The highest BCUT2D eigenvalue weighted by Gasteiger charge is 2.26. The summed E-state index contributed by atoms with van der Waals surface area (Å²) in [5.41, 5.74) is 0.499. The second kappa shape index (κ2) is 6.87. The van der Waals surface area contributed by atoms with Crippen LogP contribution < -0.4 is 5.32 Å². The Labute approximate surface area is 133 Å². The number of amides is 1. The van der Waals surface area contributed by atoms with Gasteiger partial charge in [0.25, 0.3) is 5.91 Å². The van der Waals surface area contributed by atoms with Crippen molar-refractivity contribution in [2.75, 3.05) is 6.61 Å². The first-order chi connectivity index (χ1) is 11.2. The molecular formula is C16H19FN4O2. The molecule has 1 fully saturated rings. The first-order valence-corrected chi connectivity index (χ1v) is 7.75. The highest BCUT2D eigenvalue weighted by atomic mass is 19.1. The topological polar surface area (TPSA) is 80.0 Å². The van der Waals surface area contributed by atoms with E-state index in [9.17, 15) is 14.3 Å². The summed E-state index contributed by atoms with van der Waals surface area (Å²) in [6, 6.07) is 4.21. The average Bonchev–Trinajstić information content (AvgIpc) is 3.09. The van der Waals surface area contributed by atoms with E-state index >= 15 is 0 Å². The molecule has 1 aromatic heterocycles. The molecule has 2 atom stereocenters. The SMILES string of the molecule is O=C(NC1CCCCC1CO)c1ccc(-n2cncn2)c(F)c1. The van der Waals surface area contributed by atoms with E-state index in [4.69, 9.17) is 0 Å². The normalized spacial score (nSPS) is 21.1. The summed E-state index contributed by atoms with van der Waals surface area (Å²) in [4.78, 5) is 16.1. The molecule has 2 unspecified atom stereocenters. The van der Waals surface area contributed by atoms with E-state index in [0.717, 1.165) is 25.7 Å².